The molecule has 5 nitrogen and oxygen atoms in total. The van der Waals surface area contributed by atoms with Crippen molar-refractivity contribution in [2.24, 2.45) is 0 Å². The molecule has 2 aromatic carbocycles. The summed E-state index contributed by atoms with van der Waals surface area (Å²) in [5, 5.41) is 5.51. The first-order chi connectivity index (χ1) is 14.3. The smallest absolute Gasteiger partial charge is 0.227 e. The number of thiophene rings is 1. The van der Waals surface area contributed by atoms with Gasteiger partial charge in [0.05, 0.1) is 29.6 Å². The maximum absolute atomic E-state index is 5.43. The highest BCUT2D eigenvalue weighted by Gasteiger charge is 2.12. The first kappa shape index (κ1) is 18.1. The Morgan fingerprint density at radius 2 is 1.90 bits per heavy atom. The van der Waals surface area contributed by atoms with Gasteiger partial charge in [-0.3, -0.25) is 0 Å². The van der Waals surface area contributed by atoms with E-state index in [-0.39, 0.29) is 0 Å². The van der Waals surface area contributed by atoms with Crippen LogP contribution in [0.1, 0.15) is 5.56 Å². The van der Waals surface area contributed by atoms with Crippen molar-refractivity contribution in [2.75, 3.05) is 36.5 Å². The van der Waals surface area contributed by atoms with Crippen LogP contribution in [0.25, 0.3) is 21.3 Å². The van der Waals surface area contributed by atoms with E-state index in [2.05, 4.69) is 76.0 Å². The summed E-state index contributed by atoms with van der Waals surface area (Å²) in [6.07, 6.45) is 1.90. The lowest BCUT2D eigenvalue weighted by molar-refractivity contribution is 0.122. The van der Waals surface area contributed by atoms with E-state index in [1.54, 1.807) is 11.3 Å². The quantitative estimate of drug-likeness (QED) is 0.505. The summed E-state index contributed by atoms with van der Waals surface area (Å²) in [4.78, 5) is 11.7. The minimum Gasteiger partial charge on any atom is -0.378 e. The minimum absolute atomic E-state index is 0.615. The molecule has 6 heteroatoms. The molecule has 5 rings (SSSR count). The van der Waals surface area contributed by atoms with Gasteiger partial charge in [0, 0.05) is 35.4 Å². The zero-order chi connectivity index (χ0) is 19.6. The molecule has 1 N–H and O–H groups in total. The van der Waals surface area contributed by atoms with Crippen molar-refractivity contribution in [3.05, 3.63) is 65.7 Å². The lowest BCUT2D eigenvalue weighted by atomic mass is 10.1. The average molecular weight is 403 g/mol. The highest BCUT2D eigenvalue weighted by atomic mass is 32.1. The number of rotatable bonds is 4. The van der Waals surface area contributed by atoms with Crippen LogP contribution < -0.4 is 10.2 Å². The number of hydrogen-bond acceptors (Lipinski definition) is 6. The van der Waals surface area contributed by atoms with Crippen molar-refractivity contribution >= 4 is 38.9 Å². The Morgan fingerprint density at radius 3 is 2.69 bits per heavy atom. The number of morpholine rings is 1. The van der Waals surface area contributed by atoms with Gasteiger partial charge < -0.3 is 15.0 Å². The van der Waals surface area contributed by atoms with Crippen LogP contribution in [0, 0.1) is 6.92 Å². The van der Waals surface area contributed by atoms with E-state index < -0.39 is 0 Å². The molecular weight excluding hydrogens is 380 g/mol. The van der Waals surface area contributed by atoms with E-state index in [1.165, 1.54) is 16.8 Å². The molecule has 3 heterocycles. The predicted octanol–water partition coefficient (Wildman–Crippen LogP) is 5.25. The number of nitrogens with zero attached hydrogens (tertiary/aromatic N) is 3. The molecule has 0 saturated carbocycles. The van der Waals surface area contributed by atoms with E-state index in [1.807, 2.05) is 6.20 Å². The standard InChI is InChI=1S/C23H22N4OS/c1-16-3-2-4-17(13-16)20-15-29-21-14-24-23(26-22(20)21)25-18-5-7-19(8-6-18)27-9-11-28-12-10-27/h2-8,13-15H,9-12H2,1H3,(H,24,25,26). The Bertz CT molecular complexity index is 1130. The van der Waals surface area contributed by atoms with Crippen LogP contribution in [0.4, 0.5) is 17.3 Å². The lowest BCUT2D eigenvalue weighted by Crippen LogP contribution is -2.36. The molecule has 1 saturated heterocycles. The number of nitrogens with one attached hydrogen (secondary N) is 1. The van der Waals surface area contributed by atoms with Gasteiger partial charge in [-0.25, -0.2) is 9.97 Å². The minimum atomic E-state index is 0.615. The number of fused-ring (bicyclic) bond motifs is 1. The van der Waals surface area contributed by atoms with Gasteiger partial charge >= 0.3 is 0 Å². The molecule has 0 amide bonds. The molecule has 2 aromatic heterocycles. The monoisotopic (exact) mass is 402 g/mol. The van der Waals surface area contributed by atoms with Crippen LogP contribution in [0.2, 0.25) is 0 Å². The summed E-state index contributed by atoms with van der Waals surface area (Å²) in [6, 6.07) is 16.9. The van der Waals surface area contributed by atoms with Crippen LogP contribution in [-0.4, -0.2) is 36.3 Å². The second kappa shape index (κ2) is 7.81. The zero-order valence-corrected chi connectivity index (χ0v) is 17.1. The highest BCUT2D eigenvalue weighted by Crippen LogP contribution is 2.33. The Labute approximate surface area is 174 Å². The molecule has 1 aliphatic heterocycles. The van der Waals surface area contributed by atoms with Crippen LogP contribution in [0.3, 0.4) is 0 Å². The zero-order valence-electron chi connectivity index (χ0n) is 16.3. The normalized spacial score (nSPS) is 14.3. The summed E-state index contributed by atoms with van der Waals surface area (Å²) in [5.41, 5.74) is 6.78. The lowest BCUT2D eigenvalue weighted by Gasteiger charge is -2.28. The molecule has 146 valence electrons. The van der Waals surface area contributed by atoms with Gasteiger partial charge in [-0.05, 0) is 36.8 Å². The van der Waals surface area contributed by atoms with Crippen molar-refractivity contribution in [3.8, 4) is 11.1 Å². The maximum atomic E-state index is 5.43. The molecule has 1 aliphatic rings. The molecule has 0 spiro atoms. The fraction of sp³-hybridized carbons (Fsp3) is 0.217. The maximum Gasteiger partial charge on any atom is 0.227 e. The van der Waals surface area contributed by atoms with Gasteiger partial charge in [-0.2, -0.15) is 0 Å². The van der Waals surface area contributed by atoms with Crippen LogP contribution in [-0.2, 0) is 4.74 Å². The van der Waals surface area contributed by atoms with Crippen LogP contribution in [0.15, 0.2) is 60.1 Å². The number of aryl methyl sites for hydroxylation is 1. The van der Waals surface area contributed by atoms with Crippen LogP contribution >= 0.6 is 11.3 Å². The number of ether oxygens (including phenoxy) is 1. The Balaban J connectivity index is 1.40. The molecular formula is C23H22N4OS. The van der Waals surface area contributed by atoms with E-state index in [9.17, 15) is 0 Å². The van der Waals surface area contributed by atoms with Crippen molar-refractivity contribution in [1.82, 2.24) is 9.97 Å². The molecule has 0 atom stereocenters. The molecule has 0 aliphatic carbocycles. The topological polar surface area (TPSA) is 50.3 Å². The SMILES string of the molecule is Cc1cccc(-c2csc3cnc(Nc4ccc(N5CCOCC5)cc4)nc23)c1. The Morgan fingerprint density at radius 1 is 1.07 bits per heavy atom. The number of anilines is 3. The summed E-state index contributed by atoms with van der Waals surface area (Å²) in [6.45, 7) is 5.56. The Hall–Kier alpha value is -2.96. The van der Waals surface area contributed by atoms with Gasteiger partial charge in [0.1, 0.15) is 0 Å². The summed E-state index contributed by atoms with van der Waals surface area (Å²) >= 11 is 1.68. The second-order valence-corrected chi connectivity index (χ2v) is 8.11. The van der Waals surface area contributed by atoms with Gasteiger partial charge in [-0.15, -0.1) is 11.3 Å². The fourth-order valence-corrected chi connectivity index (χ4v) is 4.49. The van der Waals surface area contributed by atoms with Crippen molar-refractivity contribution in [2.45, 2.75) is 6.92 Å². The second-order valence-electron chi connectivity index (χ2n) is 7.20. The van der Waals surface area contributed by atoms with Crippen molar-refractivity contribution in [1.29, 1.82) is 0 Å². The van der Waals surface area contributed by atoms with Gasteiger partial charge in [-0.1, -0.05) is 29.8 Å². The molecule has 4 aromatic rings. The third-order valence-electron chi connectivity index (χ3n) is 5.14. The number of hydrogen-bond donors (Lipinski definition) is 1. The fourth-order valence-electron chi connectivity index (χ4n) is 3.61. The van der Waals surface area contributed by atoms with Gasteiger partial charge in [0.15, 0.2) is 0 Å². The Kier molecular flexibility index (Phi) is 4.87. The third-order valence-corrected chi connectivity index (χ3v) is 6.05. The number of aromatic nitrogens is 2. The number of benzene rings is 2. The van der Waals surface area contributed by atoms with Gasteiger partial charge in [0.2, 0.25) is 5.95 Å². The third kappa shape index (κ3) is 3.81. The van der Waals surface area contributed by atoms with E-state index in [0.29, 0.717) is 5.95 Å². The van der Waals surface area contributed by atoms with E-state index in [0.717, 1.165) is 47.8 Å². The first-order valence-electron chi connectivity index (χ1n) is 9.77. The molecule has 29 heavy (non-hydrogen) atoms. The summed E-state index contributed by atoms with van der Waals surface area (Å²) in [7, 11) is 0. The predicted molar refractivity (Wildman–Crippen MR) is 120 cm³/mol. The molecule has 0 radical (unpaired) electrons. The van der Waals surface area contributed by atoms with E-state index in [4.69, 9.17) is 9.72 Å². The van der Waals surface area contributed by atoms with Crippen molar-refractivity contribution < 1.29 is 4.74 Å². The highest BCUT2D eigenvalue weighted by molar-refractivity contribution is 7.17. The summed E-state index contributed by atoms with van der Waals surface area (Å²) in [5.74, 6) is 0.615. The van der Waals surface area contributed by atoms with Crippen LogP contribution in [0.5, 0.6) is 0 Å². The van der Waals surface area contributed by atoms with Crippen molar-refractivity contribution in [3.63, 3.8) is 0 Å². The van der Waals surface area contributed by atoms with Gasteiger partial charge in [0.25, 0.3) is 0 Å². The van der Waals surface area contributed by atoms with E-state index >= 15 is 0 Å². The average Bonchev–Trinajstić information content (AvgIpc) is 3.18. The molecule has 0 unspecified atom stereocenters. The molecule has 0 bridgehead atoms. The largest absolute Gasteiger partial charge is 0.378 e. The first-order valence-corrected chi connectivity index (χ1v) is 10.7. The molecule has 1 fully saturated rings. The summed E-state index contributed by atoms with van der Waals surface area (Å²) < 4.78 is 6.52.